The summed E-state index contributed by atoms with van der Waals surface area (Å²) >= 11 is 0. The molecule has 0 spiro atoms. The van der Waals surface area contributed by atoms with Crippen molar-refractivity contribution in [1.29, 1.82) is 0 Å². The van der Waals surface area contributed by atoms with Crippen LogP contribution in [0.25, 0.3) is 33.6 Å². The lowest BCUT2D eigenvalue weighted by molar-refractivity contribution is -0.135. The Morgan fingerprint density at radius 1 is 1.05 bits per heavy atom. The van der Waals surface area contributed by atoms with Gasteiger partial charge < -0.3 is 14.7 Å². The third-order valence-electron chi connectivity index (χ3n) is 6.49. The van der Waals surface area contributed by atoms with Crippen LogP contribution in [0, 0.1) is 0 Å². The molecule has 12 nitrogen and oxygen atoms in total. The number of pyridine rings is 1. The zero-order valence-electron chi connectivity index (χ0n) is 20.3. The predicted octanol–water partition coefficient (Wildman–Crippen LogP) is 2.37. The maximum Gasteiger partial charge on any atom is 0.420 e. The number of fused-ring (bicyclic) bond motifs is 1. The molecule has 0 saturated carbocycles. The molecule has 12 heteroatoms. The van der Waals surface area contributed by atoms with Crippen molar-refractivity contribution in [2.75, 3.05) is 0 Å². The number of imide groups is 1. The van der Waals surface area contributed by atoms with E-state index in [-0.39, 0.29) is 30.9 Å². The molecular weight excluding hydrogens is 504 g/mol. The highest BCUT2D eigenvalue weighted by Gasteiger charge is 2.31. The number of hydrogen-bond donors (Lipinski definition) is 2. The fourth-order valence-corrected chi connectivity index (χ4v) is 4.61. The molecule has 1 saturated heterocycles. The smallest absolute Gasteiger partial charge is 0.408 e. The van der Waals surface area contributed by atoms with Gasteiger partial charge in [0.1, 0.15) is 11.7 Å². The molecule has 1 atom stereocenters. The minimum Gasteiger partial charge on any atom is -0.408 e. The van der Waals surface area contributed by atoms with Crippen LogP contribution in [0.15, 0.2) is 74.5 Å². The highest BCUT2D eigenvalue weighted by molar-refractivity contribution is 6.00. The Hall–Kier alpha value is -5.39. The van der Waals surface area contributed by atoms with E-state index in [2.05, 4.69) is 20.4 Å². The lowest BCUT2D eigenvalue weighted by Crippen LogP contribution is -2.43. The number of carbonyl (C=O) groups excluding carboxylic acids is 3. The van der Waals surface area contributed by atoms with Crippen LogP contribution in [0.2, 0.25) is 0 Å². The van der Waals surface area contributed by atoms with Crippen LogP contribution in [-0.2, 0) is 16.0 Å². The summed E-state index contributed by atoms with van der Waals surface area (Å²) < 4.78 is 12.1. The highest BCUT2D eigenvalue weighted by atomic mass is 16.5. The first kappa shape index (κ1) is 24.0. The average molecular weight is 524 g/mol. The minimum absolute atomic E-state index is 0.134. The van der Waals surface area contributed by atoms with Gasteiger partial charge >= 0.3 is 5.76 Å². The number of hydrogen-bond acceptors (Lipinski definition) is 9. The Morgan fingerprint density at radius 2 is 1.87 bits per heavy atom. The van der Waals surface area contributed by atoms with E-state index in [1.165, 1.54) is 10.8 Å². The summed E-state index contributed by atoms with van der Waals surface area (Å²) in [6, 6.07) is 15.1. The topological polar surface area (TPSA) is 176 Å². The molecule has 5 aromatic rings. The van der Waals surface area contributed by atoms with Crippen molar-refractivity contribution in [1.82, 2.24) is 25.0 Å². The van der Waals surface area contributed by atoms with Gasteiger partial charge in [0.05, 0.1) is 11.9 Å². The summed E-state index contributed by atoms with van der Waals surface area (Å²) in [5, 5.41) is 6.37. The number of nitrogens with two attached hydrogens (primary N) is 1. The molecule has 1 unspecified atom stereocenters. The van der Waals surface area contributed by atoms with E-state index in [4.69, 9.17) is 14.7 Å². The predicted molar refractivity (Wildman–Crippen MR) is 136 cm³/mol. The van der Waals surface area contributed by atoms with Crippen molar-refractivity contribution in [3.63, 3.8) is 0 Å². The van der Waals surface area contributed by atoms with Gasteiger partial charge in [-0.3, -0.25) is 29.3 Å². The number of carbonyl (C=O) groups is 3. The number of benzene rings is 2. The number of nitrogens with one attached hydrogen (secondary N) is 1. The van der Waals surface area contributed by atoms with Gasteiger partial charge in [-0.05, 0) is 53.4 Å². The molecule has 3 N–H and O–H groups in total. The van der Waals surface area contributed by atoms with E-state index < -0.39 is 23.6 Å². The van der Waals surface area contributed by atoms with Crippen molar-refractivity contribution in [3.05, 3.63) is 88.5 Å². The number of primary amides is 1. The standard InChI is InChI=1S/C27H20N6O6/c28-24(35)18-13-16(8-9-29-18)15-2-1-3-17(12-15)25-31-23(39-32-25)11-14-4-6-21-20(10-14)33(27(37)38-21)19-5-7-22(34)30-26(19)36/h1-4,6,8-10,12-13,19H,5,7,11H2,(H2,28,35)(H,30,34,36). The zero-order valence-corrected chi connectivity index (χ0v) is 20.3. The van der Waals surface area contributed by atoms with E-state index >= 15 is 0 Å². The van der Waals surface area contributed by atoms with Gasteiger partial charge in [-0.1, -0.05) is 29.4 Å². The summed E-state index contributed by atoms with van der Waals surface area (Å²) in [5.41, 5.74) is 9.32. The fraction of sp³-hybridized carbons (Fsp3) is 0.148. The van der Waals surface area contributed by atoms with Gasteiger partial charge in [-0.2, -0.15) is 4.98 Å². The summed E-state index contributed by atoms with van der Waals surface area (Å²) in [7, 11) is 0. The van der Waals surface area contributed by atoms with E-state index in [0.29, 0.717) is 28.4 Å². The van der Waals surface area contributed by atoms with Gasteiger partial charge in [0.2, 0.25) is 23.5 Å². The van der Waals surface area contributed by atoms with Gasteiger partial charge in [0.25, 0.3) is 5.91 Å². The van der Waals surface area contributed by atoms with Crippen LogP contribution in [-0.4, -0.2) is 37.4 Å². The average Bonchev–Trinajstić information content (AvgIpc) is 3.52. The van der Waals surface area contributed by atoms with E-state index in [9.17, 15) is 19.2 Å². The highest BCUT2D eigenvalue weighted by Crippen LogP contribution is 2.27. The lowest BCUT2D eigenvalue weighted by Gasteiger charge is -2.21. The minimum atomic E-state index is -0.839. The Morgan fingerprint density at radius 3 is 2.69 bits per heavy atom. The van der Waals surface area contributed by atoms with Gasteiger partial charge in [-0.15, -0.1) is 0 Å². The largest absolute Gasteiger partial charge is 0.420 e. The first-order valence-electron chi connectivity index (χ1n) is 12.0. The third-order valence-corrected chi connectivity index (χ3v) is 6.49. The molecule has 3 aromatic heterocycles. The number of amides is 3. The first-order valence-corrected chi connectivity index (χ1v) is 12.0. The Labute approximate surface area is 219 Å². The van der Waals surface area contributed by atoms with Crippen molar-refractivity contribution >= 4 is 28.8 Å². The summed E-state index contributed by atoms with van der Waals surface area (Å²) in [4.78, 5) is 56.5. The second kappa shape index (κ2) is 9.49. The molecule has 0 radical (unpaired) electrons. The molecule has 1 aliphatic heterocycles. The molecule has 6 rings (SSSR count). The number of aromatic nitrogens is 4. The van der Waals surface area contributed by atoms with Gasteiger partial charge in [0, 0.05) is 18.2 Å². The van der Waals surface area contributed by atoms with Crippen LogP contribution in [0.5, 0.6) is 0 Å². The summed E-state index contributed by atoms with van der Waals surface area (Å²) in [6.07, 6.45) is 2.13. The monoisotopic (exact) mass is 524 g/mol. The normalized spacial score (nSPS) is 15.4. The second-order valence-corrected chi connectivity index (χ2v) is 9.07. The fourth-order valence-electron chi connectivity index (χ4n) is 4.61. The summed E-state index contributed by atoms with van der Waals surface area (Å²) in [5.74, 6) is -1.48. The van der Waals surface area contributed by atoms with Crippen LogP contribution in [0.3, 0.4) is 0 Å². The van der Waals surface area contributed by atoms with Crippen molar-refractivity contribution in [3.8, 4) is 22.5 Å². The molecule has 0 aliphatic carbocycles. The van der Waals surface area contributed by atoms with Crippen molar-refractivity contribution in [2.45, 2.75) is 25.3 Å². The lowest BCUT2D eigenvalue weighted by atomic mass is 10.0. The van der Waals surface area contributed by atoms with Crippen LogP contribution < -0.4 is 16.8 Å². The SMILES string of the molecule is NC(=O)c1cc(-c2cccc(-c3noc(Cc4ccc5oc(=O)n(C6CCC(=O)NC6=O)c5c4)n3)c2)ccn1. The molecule has 39 heavy (non-hydrogen) atoms. The Kier molecular flexibility index (Phi) is 5.83. The van der Waals surface area contributed by atoms with E-state index in [1.807, 2.05) is 24.3 Å². The maximum absolute atomic E-state index is 12.5. The number of rotatable bonds is 6. The molecule has 1 fully saturated rings. The number of piperidine rings is 1. The number of nitrogens with zero attached hydrogens (tertiary/aromatic N) is 4. The van der Waals surface area contributed by atoms with Crippen LogP contribution in [0.4, 0.5) is 0 Å². The second-order valence-electron chi connectivity index (χ2n) is 9.07. The van der Waals surface area contributed by atoms with Crippen molar-refractivity contribution < 1.29 is 23.3 Å². The molecule has 0 bridgehead atoms. The summed E-state index contributed by atoms with van der Waals surface area (Å²) in [6.45, 7) is 0. The molecule has 2 aromatic carbocycles. The Bertz CT molecular complexity index is 1830. The van der Waals surface area contributed by atoms with E-state index in [1.54, 1.807) is 30.3 Å². The van der Waals surface area contributed by atoms with Crippen molar-refractivity contribution in [2.24, 2.45) is 5.73 Å². The molecule has 194 valence electrons. The first-order chi connectivity index (χ1) is 18.9. The molecule has 4 heterocycles. The maximum atomic E-state index is 12.5. The van der Waals surface area contributed by atoms with Crippen LogP contribution in [0.1, 0.15) is 40.8 Å². The number of oxazole rings is 1. The molecular formula is C27H20N6O6. The third kappa shape index (κ3) is 4.59. The quantitative estimate of drug-likeness (QED) is 0.316. The zero-order chi connectivity index (χ0) is 27.1. The van der Waals surface area contributed by atoms with E-state index in [0.717, 1.165) is 16.7 Å². The van der Waals surface area contributed by atoms with Gasteiger partial charge in [0.15, 0.2) is 5.58 Å². The molecule has 1 aliphatic rings. The Balaban J connectivity index is 1.27. The van der Waals surface area contributed by atoms with Gasteiger partial charge in [-0.25, -0.2) is 4.79 Å². The molecule has 3 amide bonds. The van der Waals surface area contributed by atoms with Crippen LogP contribution >= 0.6 is 0 Å².